The molecule has 1 aliphatic carbocycles. The Hall–Kier alpha value is -1.38. The van der Waals surface area contributed by atoms with E-state index in [0.717, 1.165) is 6.42 Å². The molecule has 0 unspecified atom stereocenters. The van der Waals surface area contributed by atoms with Crippen LogP contribution in [-0.4, -0.2) is 41.7 Å². The van der Waals surface area contributed by atoms with Crippen molar-refractivity contribution in [2.45, 2.75) is 43.6 Å². The van der Waals surface area contributed by atoms with Crippen LogP contribution >= 0.6 is 0 Å². The molecule has 1 aromatic rings. The summed E-state index contributed by atoms with van der Waals surface area (Å²) in [5.41, 5.74) is -0.665. The van der Waals surface area contributed by atoms with E-state index in [1.54, 1.807) is 0 Å². The summed E-state index contributed by atoms with van der Waals surface area (Å²) < 4.78 is 26.9. The van der Waals surface area contributed by atoms with Crippen molar-refractivity contribution in [1.82, 2.24) is 9.71 Å². The van der Waals surface area contributed by atoms with E-state index < -0.39 is 21.6 Å². The van der Waals surface area contributed by atoms with Crippen molar-refractivity contribution in [2.75, 3.05) is 6.54 Å². The number of rotatable bonds is 5. The fraction of sp³-hybridized carbons (Fsp3) is 0.583. The van der Waals surface area contributed by atoms with Gasteiger partial charge in [-0.25, -0.2) is 17.9 Å². The highest BCUT2D eigenvalue weighted by Crippen LogP contribution is 2.31. The molecule has 0 amide bonds. The molecule has 1 fully saturated rings. The summed E-state index contributed by atoms with van der Waals surface area (Å²) >= 11 is 0. The van der Waals surface area contributed by atoms with Gasteiger partial charge in [0.05, 0.1) is 5.60 Å². The molecule has 1 heterocycles. The normalized spacial score (nSPS) is 17.8. The molecule has 0 bridgehead atoms. The van der Waals surface area contributed by atoms with Gasteiger partial charge in [-0.15, -0.1) is 0 Å². The van der Waals surface area contributed by atoms with Crippen LogP contribution in [0.4, 0.5) is 0 Å². The molecule has 112 valence electrons. The van der Waals surface area contributed by atoms with Crippen LogP contribution in [0.15, 0.2) is 4.90 Å². The number of carboxylic acid groups (broad SMARTS) is 1. The van der Waals surface area contributed by atoms with E-state index in [1.165, 1.54) is 13.8 Å². The number of aromatic nitrogens is 1. The fourth-order valence-corrected chi connectivity index (χ4v) is 3.98. The molecule has 20 heavy (non-hydrogen) atoms. The molecule has 0 atom stereocenters. The predicted octanol–water partition coefficient (Wildman–Crippen LogP) is 0.523. The summed E-state index contributed by atoms with van der Waals surface area (Å²) in [6.07, 6.45) is 2.02. The molecule has 0 saturated heterocycles. The Labute approximate surface area is 117 Å². The Balaban J connectivity index is 2.27. The van der Waals surface area contributed by atoms with Crippen molar-refractivity contribution >= 4 is 16.0 Å². The number of carboxylic acids is 1. The van der Waals surface area contributed by atoms with Gasteiger partial charge in [0.2, 0.25) is 10.0 Å². The largest absolute Gasteiger partial charge is 0.477 e. The first-order chi connectivity index (χ1) is 9.16. The van der Waals surface area contributed by atoms with Gasteiger partial charge in [-0.2, -0.15) is 0 Å². The monoisotopic (exact) mass is 302 g/mol. The zero-order valence-electron chi connectivity index (χ0n) is 11.4. The summed E-state index contributed by atoms with van der Waals surface area (Å²) in [6, 6.07) is 0. The van der Waals surface area contributed by atoms with E-state index in [1.807, 2.05) is 0 Å². The van der Waals surface area contributed by atoms with Crippen LogP contribution < -0.4 is 4.72 Å². The van der Waals surface area contributed by atoms with Gasteiger partial charge in [0.1, 0.15) is 10.6 Å². The number of aromatic carboxylic acids is 1. The van der Waals surface area contributed by atoms with E-state index in [-0.39, 0.29) is 28.4 Å². The van der Waals surface area contributed by atoms with Gasteiger partial charge in [0.25, 0.3) is 0 Å². The molecule has 4 N–H and O–H groups in total. The summed E-state index contributed by atoms with van der Waals surface area (Å²) in [5.74, 6) is -1.20. The Kier molecular flexibility index (Phi) is 3.66. The maximum atomic E-state index is 12.3. The lowest BCUT2D eigenvalue weighted by Gasteiger charge is -2.36. The fourth-order valence-electron chi connectivity index (χ4n) is 2.41. The highest BCUT2D eigenvalue weighted by molar-refractivity contribution is 7.89. The SMILES string of the molecule is Cc1[nH]c(C(=O)O)c(C)c1S(=O)(=O)NCC1(O)CCC1. The number of H-pyrrole nitrogens is 1. The van der Waals surface area contributed by atoms with E-state index in [0.29, 0.717) is 12.8 Å². The van der Waals surface area contributed by atoms with Gasteiger partial charge in [-0.3, -0.25) is 0 Å². The molecule has 2 rings (SSSR count). The molecule has 1 aliphatic rings. The molecule has 0 radical (unpaired) electrons. The van der Waals surface area contributed by atoms with Crippen LogP contribution in [0.2, 0.25) is 0 Å². The van der Waals surface area contributed by atoms with Crippen LogP contribution in [0.1, 0.15) is 41.0 Å². The summed E-state index contributed by atoms with van der Waals surface area (Å²) in [7, 11) is -3.85. The minimum Gasteiger partial charge on any atom is -0.477 e. The molecular formula is C12H18N2O5S. The molecule has 7 nitrogen and oxygen atoms in total. The van der Waals surface area contributed by atoms with Crippen molar-refractivity contribution in [3.63, 3.8) is 0 Å². The average Bonchev–Trinajstić information content (AvgIpc) is 2.60. The third-order valence-electron chi connectivity index (χ3n) is 3.73. The van der Waals surface area contributed by atoms with Crippen molar-refractivity contribution in [3.05, 3.63) is 17.0 Å². The zero-order valence-corrected chi connectivity index (χ0v) is 12.2. The summed E-state index contributed by atoms with van der Waals surface area (Å²) in [6.45, 7) is 2.90. The Morgan fingerprint density at radius 3 is 2.40 bits per heavy atom. The van der Waals surface area contributed by atoms with E-state index in [2.05, 4.69) is 9.71 Å². The van der Waals surface area contributed by atoms with Crippen LogP contribution in [0.25, 0.3) is 0 Å². The number of aromatic amines is 1. The van der Waals surface area contributed by atoms with Gasteiger partial charge in [0.15, 0.2) is 0 Å². The van der Waals surface area contributed by atoms with Gasteiger partial charge in [-0.1, -0.05) is 0 Å². The Morgan fingerprint density at radius 1 is 1.40 bits per heavy atom. The van der Waals surface area contributed by atoms with Crippen LogP contribution in [0, 0.1) is 13.8 Å². The summed E-state index contributed by atoms with van der Waals surface area (Å²) in [5, 5.41) is 18.9. The molecule has 1 saturated carbocycles. The minimum atomic E-state index is -3.85. The van der Waals surface area contributed by atoms with Gasteiger partial charge in [-0.05, 0) is 33.1 Å². The smallest absolute Gasteiger partial charge is 0.352 e. The topological polar surface area (TPSA) is 119 Å². The second kappa shape index (κ2) is 4.87. The van der Waals surface area contributed by atoms with Gasteiger partial charge in [0, 0.05) is 17.8 Å². The highest BCUT2D eigenvalue weighted by Gasteiger charge is 2.36. The third-order valence-corrected chi connectivity index (χ3v) is 5.40. The van der Waals surface area contributed by atoms with Crippen LogP contribution in [-0.2, 0) is 10.0 Å². The number of carbonyl (C=O) groups is 1. The first kappa shape index (κ1) is 15.0. The van der Waals surface area contributed by atoms with Crippen molar-refractivity contribution in [2.24, 2.45) is 0 Å². The Morgan fingerprint density at radius 2 is 2.00 bits per heavy atom. The molecule has 1 aromatic heterocycles. The lowest BCUT2D eigenvalue weighted by Crippen LogP contribution is -2.47. The number of hydrogen-bond acceptors (Lipinski definition) is 4. The number of nitrogens with one attached hydrogen (secondary N) is 2. The van der Waals surface area contributed by atoms with E-state index in [9.17, 15) is 18.3 Å². The first-order valence-corrected chi connectivity index (χ1v) is 7.79. The maximum Gasteiger partial charge on any atom is 0.352 e. The summed E-state index contributed by atoms with van der Waals surface area (Å²) in [4.78, 5) is 13.5. The lowest BCUT2D eigenvalue weighted by atomic mass is 9.81. The second-order valence-corrected chi connectivity index (χ2v) is 6.99. The quantitative estimate of drug-likeness (QED) is 0.632. The number of hydrogen-bond donors (Lipinski definition) is 4. The number of sulfonamides is 1. The minimum absolute atomic E-state index is 0.0538. The van der Waals surface area contributed by atoms with E-state index in [4.69, 9.17) is 5.11 Å². The van der Waals surface area contributed by atoms with Crippen molar-refractivity contribution < 1.29 is 23.4 Å². The Bertz CT molecular complexity index is 643. The predicted molar refractivity (Wildman–Crippen MR) is 71.2 cm³/mol. The third kappa shape index (κ3) is 2.58. The highest BCUT2D eigenvalue weighted by atomic mass is 32.2. The molecule has 0 aromatic carbocycles. The number of aryl methyl sites for hydroxylation is 1. The van der Waals surface area contributed by atoms with Gasteiger partial charge < -0.3 is 15.2 Å². The van der Waals surface area contributed by atoms with Crippen LogP contribution in [0.5, 0.6) is 0 Å². The van der Waals surface area contributed by atoms with Crippen LogP contribution in [0.3, 0.4) is 0 Å². The zero-order chi connectivity index (χ0) is 15.1. The van der Waals surface area contributed by atoms with Gasteiger partial charge >= 0.3 is 5.97 Å². The van der Waals surface area contributed by atoms with E-state index >= 15 is 0 Å². The second-order valence-electron chi connectivity index (χ2n) is 5.29. The molecule has 0 aliphatic heterocycles. The number of aliphatic hydroxyl groups is 1. The molecule has 8 heteroatoms. The standard InChI is InChI=1S/C12H18N2O5S/c1-7-9(11(15)16)14-8(2)10(7)20(18,19)13-6-12(17)4-3-5-12/h13-14,17H,3-6H2,1-2H3,(H,15,16). The van der Waals surface area contributed by atoms with Crippen molar-refractivity contribution in [3.8, 4) is 0 Å². The first-order valence-electron chi connectivity index (χ1n) is 6.31. The van der Waals surface area contributed by atoms with Crippen molar-refractivity contribution in [1.29, 1.82) is 0 Å². The average molecular weight is 302 g/mol. The maximum absolute atomic E-state index is 12.3. The lowest BCUT2D eigenvalue weighted by molar-refractivity contribution is -0.0271. The molecular weight excluding hydrogens is 284 g/mol. The molecule has 0 spiro atoms.